The van der Waals surface area contributed by atoms with Gasteiger partial charge in [-0.2, -0.15) is 5.10 Å². The number of amidine groups is 1. The minimum Gasteiger partial charge on any atom is -0.337 e. The molecular formula is C19H18N6OS. The molecule has 1 fully saturated rings. The van der Waals surface area contributed by atoms with Gasteiger partial charge in [0.05, 0.1) is 16.9 Å². The van der Waals surface area contributed by atoms with E-state index in [2.05, 4.69) is 20.4 Å². The fourth-order valence-electron chi connectivity index (χ4n) is 2.73. The lowest BCUT2D eigenvalue weighted by Gasteiger charge is -2.06. The van der Waals surface area contributed by atoms with Crippen LogP contribution in [0.25, 0.3) is 11.8 Å². The summed E-state index contributed by atoms with van der Waals surface area (Å²) < 4.78 is 3.80. The number of nitrogens with one attached hydrogen (secondary N) is 1. The molecule has 1 saturated heterocycles. The Balaban J connectivity index is 1.44. The van der Waals surface area contributed by atoms with Gasteiger partial charge in [-0.05, 0) is 36.4 Å². The monoisotopic (exact) mass is 378 g/mol. The van der Waals surface area contributed by atoms with E-state index in [0.29, 0.717) is 16.6 Å². The van der Waals surface area contributed by atoms with Gasteiger partial charge in [-0.25, -0.2) is 9.67 Å². The van der Waals surface area contributed by atoms with Crippen LogP contribution in [0.1, 0.15) is 12.0 Å². The van der Waals surface area contributed by atoms with Crippen molar-refractivity contribution in [2.24, 2.45) is 4.99 Å². The molecule has 0 spiro atoms. The lowest BCUT2D eigenvalue weighted by atomic mass is 10.1. The third kappa shape index (κ3) is 4.17. The number of hydrogen-bond donors (Lipinski definition) is 1. The van der Waals surface area contributed by atoms with Crippen molar-refractivity contribution >= 4 is 28.9 Å². The van der Waals surface area contributed by atoms with Gasteiger partial charge in [0.25, 0.3) is 5.91 Å². The molecule has 2 aromatic heterocycles. The van der Waals surface area contributed by atoms with Gasteiger partial charge in [-0.3, -0.25) is 9.79 Å². The molecule has 7 nitrogen and oxygen atoms in total. The summed E-state index contributed by atoms with van der Waals surface area (Å²) >= 11 is 1.37. The minimum atomic E-state index is -0.122. The summed E-state index contributed by atoms with van der Waals surface area (Å²) in [5, 5.41) is 7.76. The van der Waals surface area contributed by atoms with E-state index in [1.165, 1.54) is 11.8 Å². The molecule has 4 rings (SSSR count). The Morgan fingerprint density at radius 1 is 1.19 bits per heavy atom. The van der Waals surface area contributed by atoms with E-state index in [-0.39, 0.29) is 5.91 Å². The molecule has 0 bridgehead atoms. The van der Waals surface area contributed by atoms with E-state index in [0.717, 1.165) is 24.2 Å². The molecule has 0 atom stereocenters. The second-order valence-electron chi connectivity index (χ2n) is 5.92. The Labute approximate surface area is 160 Å². The van der Waals surface area contributed by atoms with Crippen LogP contribution >= 0.6 is 11.8 Å². The van der Waals surface area contributed by atoms with Crippen molar-refractivity contribution in [2.75, 3.05) is 6.54 Å². The Bertz CT molecular complexity index is 976. The average Bonchev–Trinajstić information content (AvgIpc) is 3.43. The van der Waals surface area contributed by atoms with Crippen LogP contribution < -0.4 is 5.32 Å². The van der Waals surface area contributed by atoms with Gasteiger partial charge >= 0.3 is 0 Å². The molecule has 0 unspecified atom stereocenters. The van der Waals surface area contributed by atoms with E-state index in [4.69, 9.17) is 0 Å². The number of para-hydroxylation sites is 1. The third-order valence-electron chi connectivity index (χ3n) is 4.01. The van der Waals surface area contributed by atoms with Crippen LogP contribution in [0.4, 0.5) is 0 Å². The van der Waals surface area contributed by atoms with Gasteiger partial charge in [0, 0.05) is 43.4 Å². The largest absolute Gasteiger partial charge is 0.337 e. The zero-order valence-electron chi connectivity index (χ0n) is 14.5. The number of aliphatic imine (C=N–C) groups is 1. The predicted molar refractivity (Wildman–Crippen MR) is 106 cm³/mol. The molecule has 0 aliphatic carbocycles. The number of amides is 1. The topological polar surface area (TPSA) is 77.1 Å². The highest BCUT2D eigenvalue weighted by Crippen LogP contribution is 2.27. The summed E-state index contributed by atoms with van der Waals surface area (Å²) in [6, 6.07) is 9.71. The number of carbonyl (C=O) groups excluding carboxylic acids is 1. The first-order chi connectivity index (χ1) is 13.3. The summed E-state index contributed by atoms with van der Waals surface area (Å²) in [6.45, 7) is 1.51. The highest BCUT2D eigenvalue weighted by molar-refractivity contribution is 8.18. The van der Waals surface area contributed by atoms with Crippen molar-refractivity contribution in [1.29, 1.82) is 0 Å². The van der Waals surface area contributed by atoms with E-state index in [1.54, 1.807) is 23.4 Å². The molecule has 8 heteroatoms. The number of thioether (sulfide) groups is 1. The number of aromatic nitrogens is 4. The fraction of sp³-hybridized carbons (Fsp3) is 0.158. The normalized spacial score (nSPS) is 17.0. The first-order valence-electron chi connectivity index (χ1n) is 8.60. The Morgan fingerprint density at radius 2 is 2.11 bits per heavy atom. The van der Waals surface area contributed by atoms with Gasteiger partial charge < -0.3 is 9.88 Å². The van der Waals surface area contributed by atoms with Crippen LogP contribution in [0, 0.1) is 0 Å². The number of rotatable bonds is 6. The molecule has 1 N–H and O–H groups in total. The first kappa shape index (κ1) is 17.3. The number of hydrogen-bond acceptors (Lipinski definition) is 5. The first-order valence-corrected chi connectivity index (χ1v) is 9.41. The molecule has 0 radical (unpaired) electrons. The summed E-state index contributed by atoms with van der Waals surface area (Å²) in [6.07, 6.45) is 11.9. The molecular weight excluding hydrogens is 360 g/mol. The zero-order chi connectivity index (χ0) is 18.5. The second kappa shape index (κ2) is 8.05. The van der Waals surface area contributed by atoms with Crippen molar-refractivity contribution < 1.29 is 4.79 Å². The summed E-state index contributed by atoms with van der Waals surface area (Å²) in [5.41, 5.74) is 1.86. The molecule has 3 heterocycles. The third-order valence-corrected chi connectivity index (χ3v) is 4.96. The summed E-state index contributed by atoms with van der Waals surface area (Å²) in [5.74, 6) is -0.122. The van der Waals surface area contributed by atoms with Crippen LogP contribution in [0.2, 0.25) is 0 Å². The number of benzene rings is 1. The van der Waals surface area contributed by atoms with E-state index >= 15 is 0 Å². The van der Waals surface area contributed by atoms with E-state index in [1.807, 2.05) is 53.4 Å². The maximum Gasteiger partial charge on any atom is 0.264 e. The molecule has 0 saturated carbocycles. The van der Waals surface area contributed by atoms with E-state index < -0.39 is 0 Å². The van der Waals surface area contributed by atoms with Crippen LogP contribution in [0.3, 0.4) is 0 Å². The number of aryl methyl sites for hydroxylation is 1. The Kier molecular flexibility index (Phi) is 5.15. The molecule has 1 aromatic carbocycles. The highest BCUT2D eigenvalue weighted by Gasteiger charge is 2.23. The van der Waals surface area contributed by atoms with Crippen molar-refractivity contribution in [2.45, 2.75) is 13.0 Å². The lowest BCUT2D eigenvalue weighted by molar-refractivity contribution is -0.115. The minimum absolute atomic E-state index is 0.122. The van der Waals surface area contributed by atoms with Crippen molar-refractivity contribution in [3.63, 3.8) is 0 Å². The quantitative estimate of drug-likeness (QED) is 0.528. The zero-order valence-corrected chi connectivity index (χ0v) is 15.3. The maximum atomic E-state index is 12.3. The molecule has 1 aliphatic rings. The van der Waals surface area contributed by atoms with Gasteiger partial charge in [0.1, 0.15) is 0 Å². The summed E-state index contributed by atoms with van der Waals surface area (Å²) in [7, 11) is 0. The SMILES string of the molecule is O=C1NC(=NCCCn2ccnc2)S/C1=C/c1ccccc1-n1cccn1. The van der Waals surface area contributed by atoms with Crippen molar-refractivity contribution in [3.05, 3.63) is 71.9 Å². The van der Waals surface area contributed by atoms with Gasteiger partial charge in [-0.15, -0.1) is 0 Å². The van der Waals surface area contributed by atoms with Crippen LogP contribution in [-0.4, -0.2) is 37.0 Å². The predicted octanol–water partition coefficient (Wildman–Crippen LogP) is 2.72. The van der Waals surface area contributed by atoms with Gasteiger partial charge in [-0.1, -0.05) is 18.2 Å². The molecule has 1 amide bonds. The van der Waals surface area contributed by atoms with Crippen molar-refractivity contribution in [1.82, 2.24) is 24.6 Å². The number of carbonyl (C=O) groups is 1. The number of imidazole rings is 1. The molecule has 1 aliphatic heterocycles. The molecule has 136 valence electrons. The van der Waals surface area contributed by atoms with Crippen LogP contribution in [0.5, 0.6) is 0 Å². The smallest absolute Gasteiger partial charge is 0.264 e. The second-order valence-corrected chi connectivity index (χ2v) is 6.95. The van der Waals surface area contributed by atoms with E-state index in [9.17, 15) is 4.79 Å². The molecule has 27 heavy (non-hydrogen) atoms. The van der Waals surface area contributed by atoms with Gasteiger partial charge in [0.15, 0.2) is 5.17 Å². The molecule has 3 aromatic rings. The average molecular weight is 378 g/mol. The maximum absolute atomic E-state index is 12.3. The van der Waals surface area contributed by atoms with Crippen LogP contribution in [-0.2, 0) is 11.3 Å². The van der Waals surface area contributed by atoms with Crippen LogP contribution in [0.15, 0.2) is 71.3 Å². The van der Waals surface area contributed by atoms with Gasteiger partial charge in [0.2, 0.25) is 0 Å². The fourth-order valence-corrected chi connectivity index (χ4v) is 3.56. The number of nitrogens with zero attached hydrogens (tertiary/aromatic N) is 5. The lowest BCUT2D eigenvalue weighted by Crippen LogP contribution is -2.20. The highest BCUT2D eigenvalue weighted by atomic mass is 32.2. The summed E-state index contributed by atoms with van der Waals surface area (Å²) in [4.78, 5) is 21.4. The Hall–Kier alpha value is -3.13. The standard InChI is InChI=1S/C19H18N6OS/c26-18-17(13-15-5-1-2-6-16(15)25-11-4-8-22-25)27-19(23-18)21-7-3-10-24-12-9-20-14-24/h1-2,4-6,8-9,11-14H,3,7,10H2,(H,21,23,26)/b17-13+. The Morgan fingerprint density at radius 3 is 2.93 bits per heavy atom. The van der Waals surface area contributed by atoms with Crippen molar-refractivity contribution in [3.8, 4) is 5.69 Å².